The minimum absolute atomic E-state index is 0. The molecule has 1 aliphatic carbocycles. The third-order valence-corrected chi connectivity index (χ3v) is 2.91. The molecule has 2 atom stereocenters. The molecule has 0 heterocycles. The molecule has 1 saturated carbocycles. The van der Waals surface area contributed by atoms with E-state index in [-0.39, 0.29) is 40.0 Å². The van der Waals surface area contributed by atoms with Gasteiger partial charge in [-0.2, -0.15) is 11.8 Å². The molecule has 2 unspecified atom stereocenters. The maximum Gasteiger partial charge on any atom is 2.00 e. The zero-order chi connectivity index (χ0) is 8.10. The van der Waals surface area contributed by atoms with Crippen LogP contribution in [0.3, 0.4) is 0 Å². The van der Waals surface area contributed by atoms with Crippen LogP contribution in [0.2, 0.25) is 0 Å². The molecule has 0 saturated heterocycles. The van der Waals surface area contributed by atoms with Gasteiger partial charge in [-0.3, -0.25) is 0 Å². The summed E-state index contributed by atoms with van der Waals surface area (Å²) in [5.74, 6) is 1.93. The summed E-state index contributed by atoms with van der Waals surface area (Å²) in [6, 6.07) is 0. The average molecular weight is 257 g/mol. The first-order valence-electron chi connectivity index (χ1n) is 5.21. The van der Waals surface area contributed by atoms with Crippen LogP contribution in [0.5, 0.6) is 0 Å². The topological polar surface area (TPSA) is 0 Å². The van der Waals surface area contributed by atoms with Gasteiger partial charge in [-0.15, -0.1) is 0 Å². The quantitative estimate of drug-likeness (QED) is 0.506. The standard InChI is InChI=1S/C11H21.BrH.Mg/c1-3-5-6-11-8-7-10(4-2)9-11;;/h9-11H,3-8H2,1-2H3;1H;/q-1;;+2/p-1. The predicted molar refractivity (Wildman–Crippen MR) is 56.1 cm³/mol. The Morgan fingerprint density at radius 2 is 1.77 bits per heavy atom. The van der Waals surface area contributed by atoms with Gasteiger partial charge in [0.05, 0.1) is 0 Å². The maximum atomic E-state index is 2.61. The number of rotatable bonds is 4. The fraction of sp³-hybridized carbons (Fsp3) is 0.909. The smallest absolute Gasteiger partial charge is 1.00 e. The molecule has 0 amide bonds. The van der Waals surface area contributed by atoms with Crippen LogP contribution >= 0.6 is 0 Å². The van der Waals surface area contributed by atoms with Gasteiger partial charge in [-0.05, 0) is 0 Å². The summed E-state index contributed by atoms with van der Waals surface area (Å²) in [6.07, 6.45) is 11.1. The molecule has 0 bridgehead atoms. The molecule has 2 heteroatoms. The van der Waals surface area contributed by atoms with Gasteiger partial charge < -0.3 is 23.4 Å². The second-order valence-corrected chi connectivity index (χ2v) is 3.84. The monoisotopic (exact) mass is 256 g/mol. The Morgan fingerprint density at radius 1 is 1.15 bits per heavy atom. The van der Waals surface area contributed by atoms with Crippen LogP contribution in [0.4, 0.5) is 0 Å². The molecule has 1 rings (SSSR count). The van der Waals surface area contributed by atoms with Crippen molar-refractivity contribution < 1.29 is 17.0 Å². The van der Waals surface area contributed by atoms with Crippen LogP contribution in [-0.4, -0.2) is 23.1 Å². The first kappa shape index (κ1) is 16.7. The summed E-state index contributed by atoms with van der Waals surface area (Å²) in [5, 5.41) is 0. The number of halogens is 1. The van der Waals surface area contributed by atoms with E-state index < -0.39 is 0 Å². The normalized spacial score (nSPS) is 26.3. The molecular formula is C11H21BrMg. The number of hydrogen-bond donors (Lipinski definition) is 0. The third kappa shape index (κ3) is 6.35. The zero-order valence-corrected chi connectivity index (χ0v) is 12.1. The van der Waals surface area contributed by atoms with E-state index in [1.165, 1.54) is 38.5 Å². The van der Waals surface area contributed by atoms with E-state index in [0.29, 0.717) is 0 Å². The SMILES string of the molecule is CCCCC1[CH-]C(CC)CC1.[Br-].[Mg+2]. The van der Waals surface area contributed by atoms with Gasteiger partial charge in [0.1, 0.15) is 0 Å². The Morgan fingerprint density at radius 3 is 2.23 bits per heavy atom. The summed E-state index contributed by atoms with van der Waals surface area (Å²) in [6.45, 7) is 4.59. The van der Waals surface area contributed by atoms with Gasteiger partial charge in [-0.1, -0.05) is 52.4 Å². The summed E-state index contributed by atoms with van der Waals surface area (Å²) in [4.78, 5) is 0. The minimum atomic E-state index is 0. The minimum Gasteiger partial charge on any atom is -1.00 e. The summed E-state index contributed by atoms with van der Waals surface area (Å²) >= 11 is 0. The first-order valence-corrected chi connectivity index (χ1v) is 5.21. The van der Waals surface area contributed by atoms with Crippen molar-refractivity contribution in [3.05, 3.63) is 6.42 Å². The van der Waals surface area contributed by atoms with E-state index in [1.807, 2.05) is 0 Å². The van der Waals surface area contributed by atoms with Gasteiger partial charge in [0, 0.05) is 0 Å². The van der Waals surface area contributed by atoms with Crippen molar-refractivity contribution in [2.45, 2.75) is 52.4 Å². The third-order valence-electron chi connectivity index (χ3n) is 2.91. The Hall–Kier alpha value is 1.25. The molecule has 1 fully saturated rings. The molecule has 0 radical (unpaired) electrons. The van der Waals surface area contributed by atoms with Crippen molar-refractivity contribution in [1.29, 1.82) is 0 Å². The number of hydrogen-bond acceptors (Lipinski definition) is 0. The van der Waals surface area contributed by atoms with Gasteiger partial charge in [0.25, 0.3) is 0 Å². The molecule has 0 aromatic heterocycles. The zero-order valence-electron chi connectivity index (χ0n) is 9.06. The van der Waals surface area contributed by atoms with Crippen LogP contribution in [0, 0.1) is 18.3 Å². The van der Waals surface area contributed by atoms with E-state index in [4.69, 9.17) is 0 Å². The molecule has 0 nitrogen and oxygen atoms in total. The molecule has 0 spiro atoms. The molecule has 13 heavy (non-hydrogen) atoms. The van der Waals surface area contributed by atoms with Crippen molar-refractivity contribution in [3.63, 3.8) is 0 Å². The molecule has 74 valence electrons. The molecule has 0 aromatic rings. The van der Waals surface area contributed by atoms with Crippen LogP contribution in [0.1, 0.15) is 52.4 Å². The predicted octanol–water partition coefficient (Wildman–Crippen LogP) is 0.440. The first-order chi connectivity index (χ1) is 5.36. The molecule has 1 aliphatic rings. The van der Waals surface area contributed by atoms with Gasteiger partial charge in [-0.25, -0.2) is 0 Å². The van der Waals surface area contributed by atoms with Crippen molar-refractivity contribution in [1.82, 2.24) is 0 Å². The summed E-state index contributed by atoms with van der Waals surface area (Å²) in [5.41, 5.74) is 0. The van der Waals surface area contributed by atoms with Crippen molar-refractivity contribution in [2.24, 2.45) is 11.8 Å². The summed E-state index contributed by atoms with van der Waals surface area (Å²) in [7, 11) is 0. The Balaban J connectivity index is 0. The fourth-order valence-electron chi connectivity index (χ4n) is 2.05. The van der Waals surface area contributed by atoms with Crippen molar-refractivity contribution in [3.8, 4) is 0 Å². The maximum absolute atomic E-state index is 2.61. The van der Waals surface area contributed by atoms with Gasteiger partial charge in [0.15, 0.2) is 0 Å². The second-order valence-electron chi connectivity index (χ2n) is 3.84. The van der Waals surface area contributed by atoms with Crippen LogP contribution in [0.25, 0.3) is 0 Å². The summed E-state index contributed by atoms with van der Waals surface area (Å²) < 4.78 is 0. The van der Waals surface area contributed by atoms with E-state index in [2.05, 4.69) is 20.3 Å². The van der Waals surface area contributed by atoms with E-state index in [0.717, 1.165) is 11.8 Å². The van der Waals surface area contributed by atoms with Crippen molar-refractivity contribution >= 4 is 23.1 Å². The van der Waals surface area contributed by atoms with Gasteiger partial charge >= 0.3 is 23.1 Å². The van der Waals surface area contributed by atoms with Crippen LogP contribution in [-0.2, 0) is 0 Å². The molecule has 0 aliphatic heterocycles. The molecule has 0 N–H and O–H groups in total. The van der Waals surface area contributed by atoms with Crippen molar-refractivity contribution in [2.75, 3.05) is 0 Å². The Labute approximate surface area is 110 Å². The molecular weight excluding hydrogens is 236 g/mol. The van der Waals surface area contributed by atoms with E-state index in [1.54, 1.807) is 0 Å². The fourth-order valence-corrected chi connectivity index (χ4v) is 2.05. The van der Waals surface area contributed by atoms with Crippen LogP contribution < -0.4 is 17.0 Å². The van der Waals surface area contributed by atoms with E-state index >= 15 is 0 Å². The number of unbranched alkanes of at least 4 members (excludes halogenated alkanes) is 1. The van der Waals surface area contributed by atoms with Crippen LogP contribution in [0.15, 0.2) is 0 Å². The van der Waals surface area contributed by atoms with Gasteiger partial charge in [0.2, 0.25) is 0 Å². The Kier molecular flexibility index (Phi) is 12.5. The van der Waals surface area contributed by atoms with E-state index in [9.17, 15) is 0 Å². The average Bonchev–Trinajstić information content (AvgIpc) is 2.48. The second kappa shape index (κ2) is 9.79. The largest absolute Gasteiger partial charge is 2.00 e. The molecule has 0 aromatic carbocycles. The Bertz CT molecular complexity index is 106.